The maximum Gasteiger partial charge on any atom is 0.306 e. The fourth-order valence-electron chi connectivity index (χ4n) is 1.46. The SMILES string of the molecule is O=C(SC1CCC=CCCC1)C(F)F. The lowest BCUT2D eigenvalue weighted by atomic mass is 10.1. The number of alkyl halides is 2. The zero-order chi connectivity index (χ0) is 10.4. The average Bonchev–Trinajstić information content (AvgIpc) is 2.08. The minimum atomic E-state index is -2.82. The van der Waals surface area contributed by atoms with Gasteiger partial charge in [-0.1, -0.05) is 23.9 Å². The normalized spacial score (nSPS) is 23.2. The Morgan fingerprint density at radius 3 is 2.71 bits per heavy atom. The summed E-state index contributed by atoms with van der Waals surface area (Å²) >= 11 is 0.828. The van der Waals surface area contributed by atoms with Gasteiger partial charge in [-0.3, -0.25) is 4.79 Å². The Balaban J connectivity index is 2.35. The number of hydrogen-bond donors (Lipinski definition) is 0. The summed E-state index contributed by atoms with van der Waals surface area (Å²) in [6.45, 7) is 0. The molecule has 1 atom stereocenters. The predicted molar refractivity (Wildman–Crippen MR) is 54.6 cm³/mol. The number of hydrogen-bond acceptors (Lipinski definition) is 2. The molecule has 1 rings (SSSR count). The number of rotatable bonds is 2. The van der Waals surface area contributed by atoms with Gasteiger partial charge in [0.15, 0.2) is 0 Å². The highest BCUT2D eigenvalue weighted by atomic mass is 32.2. The van der Waals surface area contributed by atoms with Gasteiger partial charge in [0.1, 0.15) is 0 Å². The molecule has 1 aliphatic carbocycles. The van der Waals surface area contributed by atoms with Gasteiger partial charge in [-0.2, -0.15) is 0 Å². The molecule has 0 spiro atoms. The lowest BCUT2D eigenvalue weighted by molar-refractivity contribution is -0.120. The first kappa shape index (κ1) is 11.7. The number of carbonyl (C=O) groups excluding carboxylic acids is 1. The number of carbonyl (C=O) groups is 1. The van der Waals surface area contributed by atoms with Crippen LogP contribution in [0.15, 0.2) is 12.2 Å². The van der Waals surface area contributed by atoms with Gasteiger partial charge < -0.3 is 0 Å². The first-order valence-corrected chi connectivity index (χ1v) is 5.72. The second kappa shape index (κ2) is 6.17. The minimum absolute atomic E-state index is 0.0847. The van der Waals surface area contributed by atoms with Crippen molar-refractivity contribution < 1.29 is 13.6 Å². The summed E-state index contributed by atoms with van der Waals surface area (Å²) in [5.41, 5.74) is 0. The molecular formula is C10H14F2OS. The Labute approximate surface area is 86.9 Å². The summed E-state index contributed by atoms with van der Waals surface area (Å²) in [6.07, 6.45) is 5.96. The lowest BCUT2D eigenvalue weighted by Crippen LogP contribution is -2.13. The van der Waals surface area contributed by atoms with Crippen LogP contribution in [0.2, 0.25) is 0 Å². The van der Waals surface area contributed by atoms with Gasteiger partial charge in [0, 0.05) is 5.25 Å². The van der Waals surface area contributed by atoms with E-state index in [2.05, 4.69) is 12.2 Å². The van der Waals surface area contributed by atoms with Crippen molar-refractivity contribution in [2.45, 2.75) is 43.8 Å². The van der Waals surface area contributed by atoms with Gasteiger partial charge in [-0.15, -0.1) is 0 Å². The van der Waals surface area contributed by atoms with Crippen molar-refractivity contribution in [2.24, 2.45) is 0 Å². The molecule has 0 N–H and O–H groups in total. The van der Waals surface area contributed by atoms with Gasteiger partial charge >= 0.3 is 6.43 Å². The minimum Gasteiger partial charge on any atom is -0.281 e. The van der Waals surface area contributed by atoms with E-state index in [9.17, 15) is 13.6 Å². The second-order valence-electron chi connectivity index (χ2n) is 3.34. The van der Waals surface area contributed by atoms with E-state index in [0.717, 1.165) is 43.9 Å². The molecule has 0 bridgehead atoms. The first-order chi connectivity index (χ1) is 6.70. The summed E-state index contributed by atoms with van der Waals surface area (Å²) in [6, 6.07) is 0. The topological polar surface area (TPSA) is 17.1 Å². The summed E-state index contributed by atoms with van der Waals surface area (Å²) in [5, 5.41) is -0.888. The van der Waals surface area contributed by atoms with E-state index < -0.39 is 11.5 Å². The van der Waals surface area contributed by atoms with Crippen LogP contribution in [0.4, 0.5) is 8.78 Å². The van der Waals surface area contributed by atoms with Crippen LogP contribution in [0.3, 0.4) is 0 Å². The molecule has 1 unspecified atom stereocenters. The number of allylic oxidation sites excluding steroid dienone is 2. The van der Waals surface area contributed by atoms with Gasteiger partial charge in [0.2, 0.25) is 0 Å². The van der Waals surface area contributed by atoms with Crippen LogP contribution in [0.5, 0.6) is 0 Å². The molecule has 0 aromatic rings. The molecule has 0 radical (unpaired) electrons. The molecule has 0 aliphatic heterocycles. The molecule has 0 heterocycles. The quantitative estimate of drug-likeness (QED) is 0.663. The molecule has 0 aromatic carbocycles. The number of thioether (sulfide) groups is 1. The standard InChI is InChI=1S/C10H14F2OS/c11-9(12)10(13)14-8-6-4-2-1-3-5-7-8/h1-2,8-9H,3-7H2. The van der Waals surface area contributed by atoms with Crippen LogP contribution in [-0.4, -0.2) is 16.8 Å². The molecular weight excluding hydrogens is 206 g/mol. The third-order valence-electron chi connectivity index (χ3n) is 2.18. The molecule has 0 saturated carbocycles. The van der Waals surface area contributed by atoms with Crippen molar-refractivity contribution >= 4 is 16.9 Å². The van der Waals surface area contributed by atoms with Crippen molar-refractivity contribution in [3.05, 3.63) is 12.2 Å². The van der Waals surface area contributed by atoms with E-state index in [1.165, 1.54) is 0 Å². The molecule has 14 heavy (non-hydrogen) atoms. The maximum absolute atomic E-state index is 12.0. The Hall–Kier alpha value is -0.380. The first-order valence-electron chi connectivity index (χ1n) is 4.84. The van der Waals surface area contributed by atoms with Crippen molar-refractivity contribution in [3.63, 3.8) is 0 Å². The molecule has 80 valence electrons. The van der Waals surface area contributed by atoms with Crippen LogP contribution in [0.1, 0.15) is 32.1 Å². The van der Waals surface area contributed by atoms with Crippen LogP contribution >= 0.6 is 11.8 Å². The van der Waals surface area contributed by atoms with Gasteiger partial charge in [0.05, 0.1) is 0 Å². The summed E-state index contributed by atoms with van der Waals surface area (Å²) in [5.74, 6) is 0. The van der Waals surface area contributed by atoms with Gasteiger partial charge in [-0.25, -0.2) is 8.78 Å². The molecule has 0 aromatic heterocycles. The summed E-state index contributed by atoms with van der Waals surface area (Å²) in [4.78, 5) is 10.8. The fourth-order valence-corrected chi connectivity index (χ4v) is 2.43. The van der Waals surface area contributed by atoms with Crippen LogP contribution in [-0.2, 0) is 4.79 Å². The molecule has 4 heteroatoms. The Morgan fingerprint density at radius 1 is 1.29 bits per heavy atom. The molecule has 1 aliphatic rings. The van der Waals surface area contributed by atoms with Crippen LogP contribution in [0, 0.1) is 0 Å². The van der Waals surface area contributed by atoms with Crippen molar-refractivity contribution in [2.75, 3.05) is 0 Å². The zero-order valence-electron chi connectivity index (χ0n) is 7.92. The van der Waals surface area contributed by atoms with Crippen LogP contribution < -0.4 is 0 Å². The highest BCUT2D eigenvalue weighted by molar-refractivity contribution is 8.14. The third kappa shape index (κ3) is 4.22. The summed E-state index contributed by atoms with van der Waals surface area (Å²) in [7, 11) is 0. The van der Waals surface area contributed by atoms with Crippen molar-refractivity contribution in [1.29, 1.82) is 0 Å². The van der Waals surface area contributed by atoms with Gasteiger partial charge in [0.25, 0.3) is 5.12 Å². The van der Waals surface area contributed by atoms with E-state index in [1.807, 2.05) is 0 Å². The zero-order valence-corrected chi connectivity index (χ0v) is 8.73. The van der Waals surface area contributed by atoms with Gasteiger partial charge in [-0.05, 0) is 32.1 Å². The fraction of sp³-hybridized carbons (Fsp3) is 0.700. The smallest absolute Gasteiger partial charge is 0.281 e. The average molecular weight is 220 g/mol. The van der Waals surface area contributed by atoms with E-state index in [-0.39, 0.29) is 5.25 Å². The van der Waals surface area contributed by atoms with Crippen molar-refractivity contribution in [3.8, 4) is 0 Å². The molecule has 1 nitrogen and oxygen atoms in total. The monoisotopic (exact) mass is 220 g/mol. The van der Waals surface area contributed by atoms with E-state index in [1.54, 1.807) is 0 Å². The molecule has 0 amide bonds. The second-order valence-corrected chi connectivity index (χ2v) is 4.64. The van der Waals surface area contributed by atoms with E-state index >= 15 is 0 Å². The maximum atomic E-state index is 12.0. The highest BCUT2D eigenvalue weighted by Gasteiger charge is 2.21. The third-order valence-corrected chi connectivity index (χ3v) is 3.40. The Morgan fingerprint density at radius 2 is 2.00 bits per heavy atom. The summed E-state index contributed by atoms with van der Waals surface area (Å²) < 4.78 is 24.0. The lowest BCUT2D eigenvalue weighted by Gasteiger charge is -2.15. The van der Waals surface area contributed by atoms with Crippen molar-refractivity contribution in [1.82, 2.24) is 0 Å². The molecule has 0 saturated heterocycles. The number of halogens is 2. The van der Waals surface area contributed by atoms with E-state index in [0.29, 0.717) is 0 Å². The van der Waals surface area contributed by atoms with Crippen LogP contribution in [0.25, 0.3) is 0 Å². The Bertz CT molecular complexity index is 216. The highest BCUT2D eigenvalue weighted by Crippen LogP contribution is 2.26. The molecule has 0 fully saturated rings. The Kier molecular flexibility index (Phi) is 5.15. The largest absolute Gasteiger partial charge is 0.306 e. The predicted octanol–water partition coefficient (Wildman–Crippen LogP) is 3.40. The van der Waals surface area contributed by atoms with E-state index in [4.69, 9.17) is 0 Å².